The third kappa shape index (κ3) is 4.91. The highest BCUT2D eigenvalue weighted by Crippen LogP contribution is 2.04. The van der Waals surface area contributed by atoms with E-state index in [4.69, 9.17) is 5.11 Å². The maximum Gasteiger partial charge on any atom is 0.326 e. The van der Waals surface area contributed by atoms with Crippen LogP contribution in [0.15, 0.2) is 12.5 Å². The van der Waals surface area contributed by atoms with Crippen LogP contribution in [0.2, 0.25) is 0 Å². The first-order valence-electron chi connectivity index (χ1n) is 6.65. The largest absolute Gasteiger partial charge is 0.480 e. The Bertz CT molecular complexity index is 433. The van der Waals surface area contributed by atoms with Crippen molar-refractivity contribution in [2.24, 2.45) is 5.92 Å². The first-order chi connectivity index (χ1) is 9.43. The Balaban J connectivity index is 2.57. The summed E-state index contributed by atoms with van der Waals surface area (Å²) in [7, 11) is 1.66. The van der Waals surface area contributed by atoms with Crippen LogP contribution in [0.4, 0.5) is 4.79 Å². The van der Waals surface area contributed by atoms with Crippen molar-refractivity contribution < 1.29 is 14.7 Å². The molecule has 0 saturated heterocycles. The SMILES string of the molecule is CCC(C)CN(C)C(=O)NC(Cc1cnc[nH]1)C(=O)O. The van der Waals surface area contributed by atoms with Crippen LogP contribution >= 0.6 is 0 Å². The van der Waals surface area contributed by atoms with Crippen LogP contribution in [0.1, 0.15) is 26.0 Å². The summed E-state index contributed by atoms with van der Waals surface area (Å²) in [4.78, 5) is 31.3. The van der Waals surface area contributed by atoms with Gasteiger partial charge in [0.15, 0.2) is 0 Å². The number of aliphatic carboxylic acids is 1. The van der Waals surface area contributed by atoms with Crippen LogP contribution in [0.5, 0.6) is 0 Å². The third-order valence-corrected chi connectivity index (χ3v) is 3.20. The van der Waals surface area contributed by atoms with E-state index in [9.17, 15) is 9.59 Å². The Labute approximate surface area is 118 Å². The van der Waals surface area contributed by atoms with Gasteiger partial charge in [0.25, 0.3) is 0 Å². The molecule has 20 heavy (non-hydrogen) atoms. The van der Waals surface area contributed by atoms with Gasteiger partial charge in [0.05, 0.1) is 6.33 Å². The van der Waals surface area contributed by atoms with E-state index < -0.39 is 12.0 Å². The minimum absolute atomic E-state index is 0.179. The van der Waals surface area contributed by atoms with Crippen molar-refractivity contribution >= 4 is 12.0 Å². The standard InChI is InChI=1S/C13H22N4O3/c1-4-9(2)7-17(3)13(20)16-11(12(18)19)5-10-6-14-8-15-10/h6,8-9,11H,4-5,7H2,1-3H3,(H,14,15)(H,16,20)(H,18,19). The number of carboxylic acids is 1. The molecule has 7 heteroatoms. The lowest BCUT2D eigenvalue weighted by Crippen LogP contribution is -2.48. The summed E-state index contributed by atoms with van der Waals surface area (Å²) < 4.78 is 0. The second-order valence-corrected chi connectivity index (χ2v) is 5.02. The molecule has 1 aromatic heterocycles. The van der Waals surface area contributed by atoms with E-state index in [1.165, 1.54) is 11.2 Å². The van der Waals surface area contributed by atoms with Gasteiger partial charge in [-0.15, -0.1) is 0 Å². The summed E-state index contributed by atoms with van der Waals surface area (Å²) in [5.74, 6) is -0.688. The molecule has 1 rings (SSSR count). The number of aromatic amines is 1. The number of H-pyrrole nitrogens is 1. The molecule has 0 aliphatic rings. The van der Waals surface area contributed by atoms with Gasteiger partial charge < -0.3 is 20.3 Å². The topological polar surface area (TPSA) is 98.3 Å². The summed E-state index contributed by atoms with van der Waals surface area (Å²) in [6.45, 7) is 4.69. The second kappa shape index (κ2) is 7.52. The fourth-order valence-corrected chi connectivity index (χ4v) is 1.76. The average molecular weight is 282 g/mol. The molecule has 0 aromatic carbocycles. The predicted molar refractivity (Wildman–Crippen MR) is 74.3 cm³/mol. The fraction of sp³-hybridized carbons (Fsp3) is 0.615. The van der Waals surface area contributed by atoms with Gasteiger partial charge in [-0.05, 0) is 5.92 Å². The van der Waals surface area contributed by atoms with Gasteiger partial charge in [-0.25, -0.2) is 14.6 Å². The second-order valence-electron chi connectivity index (χ2n) is 5.02. The summed E-state index contributed by atoms with van der Waals surface area (Å²) in [5, 5.41) is 11.7. The van der Waals surface area contributed by atoms with Crippen molar-refractivity contribution in [3.8, 4) is 0 Å². The highest BCUT2D eigenvalue weighted by molar-refractivity contribution is 5.82. The monoisotopic (exact) mass is 282 g/mol. The van der Waals surface area contributed by atoms with Crippen LogP contribution in [-0.2, 0) is 11.2 Å². The lowest BCUT2D eigenvalue weighted by molar-refractivity contribution is -0.139. The van der Waals surface area contributed by atoms with Crippen molar-refractivity contribution in [2.45, 2.75) is 32.7 Å². The Morgan fingerprint density at radius 1 is 1.55 bits per heavy atom. The van der Waals surface area contributed by atoms with Gasteiger partial charge >= 0.3 is 12.0 Å². The number of rotatable bonds is 7. The molecule has 0 bridgehead atoms. The number of hydrogen-bond donors (Lipinski definition) is 3. The molecular formula is C13H22N4O3. The van der Waals surface area contributed by atoms with Crippen molar-refractivity contribution in [3.63, 3.8) is 0 Å². The molecule has 0 aliphatic heterocycles. The minimum Gasteiger partial charge on any atom is -0.480 e. The van der Waals surface area contributed by atoms with Crippen LogP contribution in [0, 0.1) is 5.92 Å². The van der Waals surface area contributed by atoms with Crippen molar-refractivity contribution in [1.82, 2.24) is 20.2 Å². The van der Waals surface area contributed by atoms with Gasteiger partial charge in [0.1, 0.15) is 6.04 Å². The summed E-state index contributed by atoms with van der Waals surface area (Å²) >= 11 is 0. The Morgan fingerprint density at radius 3 is 2.75 bits per heavy atom. The lowest BCUT2D eigenvalue weighted by Gasteiger charge is -2.23. The number of carboxylic acid groups (broad SMARTS) is 1. The number of carbonyl (C=O) groups is 2. The van der Waals surface area contributed by atoms with E-state index in [1.807, 2.05) is 6.92 Å². The van der Waals surface area contributed by atoms with E-state index in [0.29, 0.717) is 18.2 Å². The zero-order valence-corrected chi connectivity index (χ0v) is 12.1. The molecule has 2 atom stereocenters. The fourth-order valence-electron chi connectivity index (χ4n) is 1.76. The molecule has 2 unspecified atom stereocenters. The highest BCUT2D eigenvalue weighted by Gasteiger charge is 2.23. The number of urea groups is 1. The van der Waals surface area contributed by atoms with Gasteiger partial charge in [-0.1, -0.05) is 20.3 Å². The molecular weight excluding hydrogens is 260 g/mol. The van der Waals surface area contributed by atoms with Gasteiger partial charge in [-0.2, -0.15) is 0 Å². The van der Waals surface area contributed by atoms with Crippen LogP contribution < -0.4 is 5.32 Å². The maximum atomic E-state index is 12.0. The highest BCUT2D eigenvalue weighted by atomic mass is 16.4. The van der Waals surface area contributed by atoms with Gasteiger partial charge in [0, 0.05) is 31.9 Å². The number of nitrogens with zero attached hydrogens (tertiary/aromatic N) is 2. The number of amides is 2. The number of imidazole rings is 1. The maximum absolute atomic E-state index is 12.0. The minimum atomic E-state index is -1.06. The molecule has 2 amide bonds. The van der Waals surface area contributed by atoms with E-state index in [2.05, 4.69) is 22.2 Å². The van der Waals surface area contributed by atoms with Crippen molar-refractivity contribution in [2.75, 3.05) is 13.6 Å². The molecule has 112 valence electrons. The number of hydrogen-bond acceptors (Lipinski definition) is 3. The van der Waals surface area contributed by atoms with Gasteiger partial charge in [0.2, 0.25) is 0 Å². The zero-order chi connectivity index (χ0) is 15.1. The smallest absolute Gasteiger partial charge is 0.326 e. The number of aromatic nitrogens is 2. The average Bonchev–Trinajstić information content (AvgIpc) is 2.90. The van der Waals surface area contributed by atoms with E-state index in [0.717, 1.165) is 6.42 Å². The quantitative estimate of drug-likeness (QED) is 0.697. The molecule has 1 aromatic rings. The van der Waals surface area contributed by atoms with Crippen molar-refractivity contribution in [3.05, 3.63) is 18.2 Å². The van der Waals surface area contributed by atoms with E-state index in [-0.39, 0.29) is 12.5 Å². The number of nitrogens with one attached hydrogen (secondary N) is 2. The molecule has 0 saturated carbocycles. The van der Waals surface area contributed by atoms with E-state index in [1.54, 1.807) is 13.2 Å². The summed E-state index contributed by atoms with van der Waals surface area (Å²) in [6.07, 6.45) is 4.17. The Morgan fingerprint density at radius 2 is 2.25 bits per heavy atom. The van der Waals surface area contributed by atoms with E-state index >= 15 is 0 Å². The van der Waals surface area contributed by atoms with Crippen LogP contribution in [0.3, 0.4) is 0 Å². The van der Waals surface area contributed by atoms with Gasteiger partial charge in [-0.3, -0.25) is 0 Å². The summed E-state index contributed by atoms with van der Waals surface area (Å²) in [6, 6.07) is -1.35. The normalized spacial score (nSPS) is 13.6. The first kappa shape index (κ1) is 16.0. The lowest BCUT2D eigenvalue weighted by atomic mass is 10.1. The third-order valence-electron chi connectivity index (χ3n) is 3.20. The Hall–Kier alpha value is -2.05. The molecule has 0 fully saturated rings. The molecule has 0 aliphatic carbocycles. The number of carbonyl (C=O) groups excluding carboxylic acids is 1. The zero-order valence-electron chi connectivity index (χ0n) is 12.1. The molecule has 0 spiro atoms. The predicted octanol–water partition coefficient (Wildman–Crippen LogP) is 1.09. The first-order valence-corrected chi connectivity index (χ1v) is 6.65. The molecule has 0 radical (unpaired) electrons. The van der Waals surface area contributed by atoms with Crippen molar-refractivity contribution in [1.29, 1.82) is 0 Å². The van der Waals surface area contributed by atoms with Crippen LogP contribution in [-0.4, -0.2) is 51.6 Å². The van der Waals surface area contributed by atoms with Crippen LogP contribution in [0.25, 0.3) is 0 Å². The molecule has 3 N–H and O–H groups in total. The molecule has 7 nitrogen and oxygen atoms in total. The Kier molecular flexibility index (Phi) is 6.02. The summed E-state index contributed by atoms with van der Waals surface area (Å²) in [5.41, 5.74) is 0.669. The molecule has 1 heterocycles.